The fraction of sp³-hybridized carbons (Fsp3) is 0.105. The number of anilines is 1. The van der Waals surface area contributed by atoms with Gasteiger partial charge in [-0.25, -0.2) is 4.98 Å². The number of fused-ring (bicyclic) bond motifs is 2. The second-order valence-corrected chi connectivity index (χ2v) is 8.01. The van der Waals surface area contributed by atoms with Gasteiger partial charge >= 0.3 is 0 Å². The molecule has 7 heteroatoms. The molecule has 1 atom stereocenters. The van der Waals surface area contributed by atoms with Gasteiger partial charge in [0.1, 0.15) is 5.82 Å². The summed E-state index contributed by atoms with van der Waals surface area (Å²) in [6.45, 7) is 0. The third-order valence-corrected chi connectivity index (χ3v) is 6.30. The lowest BCUT2D eigenvalue weighted by molar-refractivity contribution is -0.116. The van der Waals surface area contributed by atoms with E-state index in [1.807, 2.05) is 54.7 Å². The Balaban J connectivity index is 1.66. The third-order valence-electron chi connectivity index (χ3n) is 4.56. The van der Waals surface area contributed by atoms with Gasteiger partial charge in [0, 0.05) is 22.4 Å². The maximum atomic E-state index is 12.4. The van der Waals surface area contributed by atoms with E-state index < -0.39 is 0 Å². The van der Waals surface area contributed by atoms with Crippen molar-refractivity contribution in [2.24, 2.45) is 0 Å². The van der Waals surface area contributed by atoms with E-state index in [1.54, 1.807) is 16.0 Å². The molecule has 128 valence electrons. The van der Waals surface area contributed by atoms with Crippen LogP contribution in [0.3, 0.4) is 0 Å². The predicted molar refractivity (Wildman–Crippen MR) is 106 cm³/mol. The molecular formula is C19H13BrN4OS. The topological polar surface area (TPSA) is 59.8 Å². The summed E-state index contributed by atoms with van der Waals surface area (Å²) in [4.78, 5) is 17.1. The quantitative estimate of drug-likeness (QED) is 0.506. The van der Waals surface area contributed by atoms with Crippen molar-refractivity contribution in [1.29, 1.82) is 0 Å². The van der Waals surface area contributed by atoms with Gasteiger partial charge in [0.05, 0.1) is 16.4 Å². The second-order valence-electron chi connectivity index (χ2n) is 6.15. The van der Waals surface area contributed by atoms with E-state index in [0.29, 0.717) is 12.2 Å². The minimum atomic E-state index is -0.0301. The van der Waals surface area contributed by atoms with E-state index in [-0.39, 0.29) is 11.8 Å². The number of carbonyl (C=O) groups excluding carboxylic acids is 1. The third kappa shape index (κ3) is 2.47. The molecule has 2 aromatic carbocycles. The van der Waals surface area contributed by atoms with Crippen LogP contribution in [0.4, 0.5) is 5.82 Å². The van der Waals surface area contributed by atoms with Crippen LogP contribution in [0.15, 0.2) is 59.2 Å². The molecule has 0 saturated carbocycles. The summed E-state index contributed by atoms with van der Waals surface area (Å²) >= 11 is 5.17. The van der Waals surface area contributed by atoms with Crippen LogP contribution in [0.1, 0.15) is 23.5 Å². The smallest absolute Gasteiger partial charge is 0.226 e. The predicted octanol–water partition coefficient (Wildman–Crippen LogP) is 4.72. The Morgan fingerprint density at radius 1 is 1.12 bits per heavy atom. The zero-order valence-corrected chi connectivity index (χ0v) is 15.9. The molecule has 0 fully saturated rings. The highest BCUT2D eigenvalue weighted by Crippen LogP contribution is 2.41. The molecule has 5 rings (SSSR count). The summed E-state index contributed by atoms with van der Waals surface area (Å²) in [6, 6.07) is 16.0. The number of carbonyl (C=O) groups is 1. The van der Waals surface area contributed by atoms with Crippen molar-refractivity contribution in [3.8, 4) is 5.13 Å². The summed E-state index contributed by atoms with van der Waals surface area (Å²) in [5, 5.41) is 8.27. The highest BCUT2D eigenvalue weighted by Gasteiger charge is 2.31. The van der Waals surface area contributed by atoms with Gasteiger partial charge in [-0.15, -0.1) is 0 Å². The number of thiazole rings is 1. The van der Waals surface area contributed by atoms with Crippen molar-refractivity contribution in [2.45, 2.75) is 12.3 Å². The summed E-state index contributed by atoms with van der Waals surface area (Å²) in [7, 11) is 0. The van der Waals surface area contributed by atoms with Gasteiger partial charge in [0.25, 0.3) is 0 Å². The van der Waals surface area contributed by atoms with Crippen molar-refractivity contribution < 1.29 is 4.79 Å². The van der Waals surface area contributed by atoms with Crippen LogP contribution in [-0.4, -0.2) is 20.7 Å². The van der Waals surface area contributed by atoms with Gasteiger partial charge in [0.15, 0.2) is 0 Å². The Bertz CT molecular complexity index is 1120. The molecule has 26 heavy (non-hydrogen) atoms. The van der Waals surface area contributed by atoms with Crippen LogP contribution >= 0.6 is 27.3 Å². The number of para-hydroxylation sites is 1. The number of hydrogen-bond acceptors (Lipinski definition) is 4. The van der Waals surface area contributed by atoms with Gasteiger partial charge in [0.2, 0.25) is 11.0 Å². The Labute approximate surface area is 161 Å². The molecule has 3 heterocycles. The standard InChI is InChI=1S/C19H13BrN4OS/c20-14-6-2-1-5-11(14)12-9-17(25)23-18-13(12)10-21-24(18)19-22-15-7-3-4-8-16(15)26-19/h1-8,10,12H,9H2,(H,23,25)/t12-/m1/s1. The molecule has 0 saturated heterocycles. The maximum absolute atomic E-state index is 12.4. The first kappa shape index (κ1) is 15.7. The van der Waals surface area contributed by atoms with Gasteiger partial charge in [-0.2, -0.15) is 9.78 Å². The number of halogens is 1. The zero-order valence-electron chi connectivity index (χ0n) is 13.5. The van der Waals surface area contributed by atoms with Gasteiger partial charge in [-0.3, -0.25) is 4.79 Å². The number of hydrogen-bond donors (Lipinski definition) is 1. The van der Waals surface area contributed by atoms with E-state index in [4.69, 9.17) is 0 Å². The highest BCUT2D eigenvalue weighted by atomic mass is 79.9. The highest BCUT2D eigenvalue weighted by molar-refractivity contribution is 9.10. The number of rotatable bonds is 2. The molecule has 0 unspecified atom stereocenters. The average Bonchev–Trinajstić information content (AvgIpc) is 3.25. The van der Waals surface area contributed by atoms with Crippen LogP contribution in [0.2, 0.25) is 0 Å². The molecule has 0 bridgehead atoms. The first-order valence-electron chi connectivity index (χ1n) is 8.19. The van der Waals surface area contributed by atoms with Crippen LogP contribution in [0.5, 0.6) is 0 Å². The Morgan fingerprint density at radius 3 is 2.77 bits per heavy atom. The lowest BCUT2D eigenvalue weighted by Gasteiger charge is -2.24. The minimum absolute atomic E-state index is 0.0129. The first-order valence-corrected chi connectivity index (χ1v) is 9.80. The molecule has 4 aromatic rings. The molecule has 2 aromatic heterocycles. The SMILES string of the molecule is O=C1C[C@H](c2ccccc2Br)c2cnn(-c3nc4ccccc4s3)c2N1. The van der Waals surface area contributed by atoms with Crippen molar-refractivity contribution in [3.05, 3.63) is 70.3 Å². The summed E-state index contributed by atoms with van der Waals surface area (Å²) in [6.07, 6.45) is 2.24. The second kappa shape index (κ2) is 6.03. The normalized spacial score (nSPS) is 16.5. The number of nitrogens with zero attached hydrogens (tertiary/aromatic N) is 3. The van der Waals surface area contributed by atoms with E-state index in [9.17, 15) is 4.79 Å². The van der Waals surface area contributed by atoms with Gasteiger partial charge in [-0.05, 0) is 23.8 Å². The lowest BCUT2D eigenvalue weighted by atomic mass is 9.87. The number of nitrogens with one attached hydrogen (secondary N) is 1. The number of aromatic nitrogens is 3. The van der Waals surface area contributed by atoms with Crippen molar-refractivity contribution in [2.75, 3.05) is 5.32 Å². The van der Waals surface area contributed by atoms with Crippen molar-refractivity contribution in [1.82, 2.24) is 14.8 Å². The average molecular weight is 425 g/mol. The number of benzene rings is 2. The molecule has 5 nitrogen and oxygen atoms in total. The lowest BCUT2D eigenvalue weighted by Crippen LogP contribution is -2.24. The fourth-order valence-corrected chi connectivity index (χ4v) is 4.84. The summed E-state index contributed by atoms with van der Waals surface area (Å²) in [5.74, 6) is 0.666. The van der Waals surface area contributed by atoms with E-state index in [1.165, 1.54) is 0 Å². The van der Waals surface area contributed by atoms with Crippen LogP contribution in [-0.2, 0) is 4.79 Å². The van der Waals surface area contributed by atoms with Crippen LogP contribution in [0.25, 0.3) is 15.3 Å². The van der Waals surface area contributed by atoms with E-state index in [0.717, 1.165) is 30.9 Å². The molecular weight excluding hydrogens is 412 g/mol. The van der Waals surface area contributed by atoms with Crippen LogP contribution < -0.4 is 5.32 Å². The Kier molecular flexibility index (Phi) is 3.65. The fourth-order valence-electron chi connectivity index (χ4n) is 3.35. The van der Waals surface area contributed by atoms with Crippen molar-refractivity contribution in [3.63, 3.8) is 0 Å². The molecule has 0 aliphatic carbocycles. The molecule has 0 radical (unpaired) electrons. The molecule has 1 N–H and O–H groups in total. The van der Waals surface area contributed by atoms with Gasteiger partial charge in [-0.1, -0.05) is 57.6 Å². The van der Waals surface area contributed by atoms with Crippen molar-refractivity contribution >= 4 is 49.2 Å². The van der Waals surface area contributed by atoms with Crippen LogP contribution in [0, 0.1) is 0 Å². The maximum Gasteiger partial charge on any atom is 0.226 e. The van der Waals surface area contributed by atoms with E-state index in [2.05, 4.69) is 31.3 Å². The minimum Gasteiger partial charge on any atom is -0.310 e. The monoisotopic (exact) mass is 424 g/mol. The van der Waals surface area contributed by atoms with E-state index >= 15 is 0 Å². The zero-order chi connectivity index (χ0) is 17.7. The molecule has 1 aliphatic rings. The first-order chi connectivity index (χ1) is 12.7. The Morgan fingerprint density at radius 2 is 1.92 bits per heavy atom. The number of amides is 1. The molecule has 1 amide bonds. The summed E-state index contributed by atoms with van der Waals surface area (Å²) in [5.41, 5.74) is 3.03. The molecule has 1 aliphatic heterocycles. The van der Waals surface area contributed by atoms with Gasteiger partial charge < -0.3 is 5.32 Å². The molecule has 0 spiro atoms. The Hall–Kier alpha value is -2.51. The largest absolute Gasteiger partial charge is 0.310 e. The summed E-state index contributed by atoms with van der Waals surface area (Å²) < 4.78 is 3.83.